The molecular formula is C23H15N3O2S. The van der Waals surface area contributed by atoms with Crippen LogP contribution < -0.4 is 5.32 Å². The molecule has 2 aromatic heterocycles. The second-order valence-electron chi connectivity index (χ2n) is 7.35. The summed E-state index contributed by atoms with van der Waals surface area (Å²) in [6.07, 6.45) is 4.88. The molecule has 0 unspecified atom stereocenters. The number of fused-ring (bicyclic) bond motifs is 5. The number of aryl methyl sites for hydroxylation is 2. The first-order chi connectivity index (χ1) is 14.2. The van der Waals surface area contributed by atoms with Crippen LogP contribution in [0, 0.1) is 0 Å². The van der Waals surface area contributed by atoms with Gasteiger partial charge in [0.2, 0.25) is 0 Å². The van der Waals surface area contributed by atoms with Gasteiger partial charge in [0.1, 0.15) is 17.0 Å². The Balaban J connectivity index is 1.44. The van der Waals surface area contributed by atoms with Crippen LogP contribution >= 0.6 is 11.3 Å². The Labute approximate surface area is 170 Å². The fourth-order valence-corrected chi connectivity index (χ4v) is 5.57. The summed E-state index contributed by atoms with van der Waals surface area (Å²) in [6.45, 7) is 0. The number of carbonyl (C=O) groups is 2. The lowest BCUT2D eigenvalue weighted by Crippen LogP contribution is -2.20. The predicted molar refractivity (Wildman–Crippen MR) is 112 cm³/mol. The summed E-state index contributed by atoms with van der Waals surface area (Å²) in [5.74, 6) is 0.522. The van der Waals surface area contributed by atoms with Gasteiger partial charge in [-0.15, -0.1) is 11.3 Å². The van der Waals surface area contributed by atoms with E-state index in [1.54, 1.807) is 54.1 Å². The minimum Gasteiger partial charge on any atom is -0.340 e. The molecular weight excluding hydrogens is 382 g/mol. The number of nitrogens with one attached hydrogen (secondary N) is 1. The van der Waals surface area contributed by atoms with Crippen molar-refractivity contribution in [1.82, 2.24) is 9.97 Å². The third-order valence-electron chi connectivity index (χ3n) is 5.69. The molecule has 0 radical (unpaired) electrons. The van der Waals surface area contributed by atoms with Crippen LogP contribution in [0.1, 0.15) is 48.7 Å². The molecule has 2 aliphatic carbocycles. The fourth-order valence-electron chi connectivity index (χ4n) is 4.34. The third kappa shape index (κ3) is 2.39. The van der Waals surface area contributed by atoms with Crippen LogP contribution in [0.2, 0.25) is 0 Å². The average Bonchev–Trinajstić information content (AvgIpc) is 3.33. The van der Waals surface area contributed by atoms with E-state index >= 15 is 0 Å². The van der Waals surface area contributed by atoms with E-state index in [4.69, 9.17) is 0 Å². The molecule has 0 amide bonds. The van der Waals surface area contributed by atoms with E-state index in [1.165, 1.54) is 16.9 Å². The van der Waals surface area contributed by atoms with E-state index in [2.05, 4.69) is 15.3 Å². The largest absolute Gasteiger partial charge is 0.340 e. The Kier molecular flexibility index (Phi) is 3.46. The molecule has 140 valence electrons. The number of ketones is 2. The van der Waals surface area contributed by atoms with Crippen molar-refractivity contribution in [3.8, 4) is 0 Å². The third-order valence-corrected chi connectivity index (χ3v) is 6.89. The number of benzene rings is 2. The van der Waals surface area contributed by atoms with E-state index in [1.807, 2.05) is 6.07 Å². The molecule has 4 aromatic rings. The molecule has 5 nitrogen and oxygen atoms in total. The molecule has 0 aliphatic heterocycles. The highest BCUT2D eigenvalue weighted by Gasteiger charge is 2.29. The number of nitrogens with zero attached hydrogens (tertiary/aromatic N) is 2. The van der Waals surface area contributed by atoms with Gasteiger partial charge >= 0.3 is 0 Å². The Bertz CT molecular complexity index is 1360. The maximum Gasteiger partial charge on any atom is 0.194 e. The number of thiophene rings is 1. The van der Waals surface area contributed by atoms with E-state index in [0.29, 0.717) is 22.3 Å². The Morgan fingerprint density at radius 2 is 1.62 bits per heavy atom. The summed E-state index contributed by atoms with van der Waals surface area (Å²) in [7, 11) is 0. The number of aromatic nitrogens is 2. The van der Waals surface area contributed by atoms with Gasteiger partial charge in [-0.25, -0.2) is 9.97 Å². The topological polar surface area (TPSA) is 72.0 Å². The van der Waals surface area contributed by atoms with Crippen LogP contribution in [-0.4, -0.2) is 21.5 Å². The SMILES string of the molecule is O=C1c2ccccc2C(=O)c2cc(Nc3ncnc4sc5c(c34)CCC5)ccc21. The van der Waals surface area contributed by atoms with Crippen LogP contribution in [0.3, 0.4) is 0 Å². The summed E-state index contributed by atoms with van der Waals surface area (Å²) in [5, 5.41) is 4.44. The van der Waals surface area contributed by atoms with Gasteiger partial charge in [0.05, 0.1) is 5.39 Å². The maximum atomic E-state index is 13.0. The van der Waals surface area contributed by atoms with Crippen LogP contribution in [0.5, 0.6) is 0 Å². The van der Waals surface area contributed by atoms with Gasteiger partial charge in [-0.3, -0.25) is 9.59 Å². The lowest BCUT2D eigenvalue weighted by atomic mass is 9.84. The quantitative estimate of drug-likeness (QED) is 0.467. The van der Waals surface area contributed by atoms with Gasteiger partial charge in [-0.2, -0.15) is 0 Å². The summed E-state index contributed by atoms with van der Waals surface area (Å²) < 4.78 is 0. The van der Waals surface area contributed by atoms with Crippen LogP contribution in [0.15, 0.2) is 48.8 Å². The first-order valence-electron chi connectivity index (χ1n) is 9.55. The van der Waals surface area contributed by atoms with E-state index in [9.17, 15) is 9.59 Å². The summed E-state index contributed by atoms with van der Waals surface area (Å²) in [6, 6.07) is 12.3. The molecule has 2 heterocycles. The minimum absolute atomic E-state index is 0.109. The Morgan fingerprint density at radius 3 is 2.45 bits per heavy atom. The van der Waals surface area contributed by atoms with Crippen LogP contribution in [-0.2, 0) is 12.8 Å². The van der Waals surface area contributed by atoms with Crippen molar-refractivity contribution in [3.63, 3.8) is 0 Å². The Morgan fingerprint density at radius 1 is 0.862 bits per heavy atom. The molecule has 6 rings (SSSR count). The lowest BCUT2D eigenvalue weighted by Gasteiger charge is -2.18. The monoisotopic (exact) mass is 397 g/mol. The zero-order chi connectivity index (χ0) is 19.5. The first kappa shape index (κ1) is 16.6. The molecule has 2 aromatic carbocycles. The van der Waals surface area contributed by atoms with Gasteiger partial charge in [0.15, 0.2) is 11.6 Å². The minimum atomic E-state index is -0.122. The molecule has 0 spiro atoms. The number of hydrogen-bond donors (Lipinski definition) is 1. The van der Waals surface area contributed by atoms with Gasteiger partial charge < -0.3 is 5.32 Å². The zero-order valence-corrected chi connectivity index (χ0v) is 16.2. The molecule has 1 N–H and O–H groups in total. The normalized spacial score (nSPS) is 14.6. The smallest absolute Gasteiger partial charge is 0.194 e. The number of rotatable bonds is 2. The van der Waals surface area contributed by atoms with Gasteiger partial charge in [0, 0.05) is 32.8 Å². The first-order valence-corrected chi connectivity index (χ1v) is 10.4. The molecule has 2 aliphatic rings. The molecule has 0 saturated carbocycles. The van der Waals surface area contributed by atoms with Crippen molar-refractivity contribution in [2.24, 2.45) is 0 Å². The average molecular weight is 397 g/mol. The molecule has 6 heteroatoms. The number of carbonyl (C=O) groups excluding carboxylic acids is 2. The molecule has 0 atom stereocenters. The maximum absolute atomic E-state index is 13.0. The van der Waals surface area contributed by atoms with Crippen LogP contribution in [0.25, 0.3) is 10.2 Å². The van der Waals surface area contributed by atoms with Crippen molar-refractivity contribution in [2.45, 2.75) is 19.3 Å². The van der Waals surface area contributed by atoms with Crippen LogP contribution in [0.4, 0.5) is 11.5 Å². The van der Waals surface area contributed by atoms with Gasteiger partial charge in [-0.05, 0) is 43.0 Å². The predicted octanol–water partition coefficient (Wildman–Crippen LogP) is 4.70. The van der Waals surface area contributed by atoms with Gasteiger partial charge in [0.25, 0.3) is 0 Å². The second kappa shape index (κ2) is 6.06. The summed E-state index contributed by atoms with van der Waals surface area (Å²) >= 11 is 1.74. The van der Waals surface area contributed by atoms with Crippen molar-refractivity contribution >= 4 is 44.6 Å². The molecule has 0 bridgehead atoms. The van der Waals surface area contributed by atoms with Crippen molar-refractivity contribution < 1.29 is 9.59 Å². The number of hydrogen-bond acceptors (Lipinski definition) is 6. The van der Waals surface area contributed by atoms with E-state index < -0.39 is 0 Å². The van der Waals surface area contributed by atoms with E-state index in [-0.39, 0.29) is 11.6 Å². The van der Waals surface area contributed by atoms with Crippen molar-refractivity contribution in [1.29, 1.82) is 0 Å². The highest BCUT2D eigenvalue weighted by Crippen LogP contribution is 2.40. The standard InChI is InChI=1S/C23H15N3O2S/c27-20-13-4-1-2-5-14(13)21(28)17-10-12(8-9-15(17)20)26-22-19-16-6-3-7-18(16)29-23(19)25-11-24-22/h1-2,4-5,8-11H,3,6-7H2,(H,24,25,26). The second-order valence-corrected chi connectivity index (χ2v) is 8.43. The Hall–Kier alpha value is -3.38. The molecule has 0 saturated heterocycles. The molecule has 29 heavy (non-hydrogen) atoms. The summed E-state index contributed by atoms with van der Waals surface area (Å²) in [4.78, 5) is 37.1. The highest BCUT2D eigenvalue weighted by atomic mass is 32.1. The van der Waals surface area contributed by atoms with Crippen molar-refractivity contribution in [2.75, 3.05) is 5.32 Å². The van der Waals surface area contributed by atoms with E-state index in [0.717, 1.165) is 34.6 Å². The molecule has 0 fully saturated rings. The lowest BCUT2D eigenvalue weighted by molar-refractivity contribution is 0.0979. The highest BCUT2D eigenvalue weighted by molar-refractivity contribution is 7.19. The fraction of sp³-hybridized carbons (Fsp3) is 0.130. The number of anilines is 2. The van der Waals surface area contributed by atoms with Crippen molar-refractivity contribution in [3.05, 3.63) is 81.5 Å². The summed E-state index contributed by atoms with van der Waals surface area (Å²) in [5.41, 5.74) is 3.89. The van der Waals surface area contributed by atoms with Gasteiger partial charge in [-0.1, -0.05) is 24.3 Å². The zero-order valence-electron chi connectivity index (χ0n) is 15.4.